The highest BCUT2D eigenvalue weighted by Gasteiger charge is 1.89. The van der Waals surface area contributed by atoms with E-state index in [9.17, 15) is 0 Å². The van der Waals surface area contributed by atoms with Crippen LogP contribution in [-0.4, -0.2) is 15.6 Å². The molecule has 0 saturated carbocycles. The molecule has 1 aromatic heterocycles. The first-order chi connectivity index (χ1) is 4.29. The Kier molecular flexibility index (Phi) is 1.48. The predicted octanol–water partition coefficient (Wildman–Crippen LogP) is -0.181. The van der Waals surface area contributed by atoms with Crippen molar-refractivity contribution in [1.82, 2.24) is 9.78 Å². The summed E-state index contributed by atoms with van der Waals surface area (Å²) in [6.45, 7) is 0.382. The van der Waals surface area contributed by atoms with E-state index < -0.39 is 0 Å². The Morgan fingerprint density at radius 2 is 2.56 bits per heavy atom. The second-order valence-corrected chi connectivity index (χ2v) is 1.73. The van der Waals surface area contributed by atoms with Crippen molar-refractivity contribution >= 4 is 5.84 Å². The fourth-order valence-corrected chi connectivity index (χ4v) is 0.569. The fourth-order valence-electron chi connectivity index (χ4n) is 0.569. The molecule has 0 aliphatic heterocycles. The molecule has 0 radical (unpaired) electrons. The van der Waals surface area contributed by atoms with Crippen LogP contribution in [-0.2, 0) is 6.54 Å². The number of nitrogens with two attached hydrogens (primary N) is 1. The summed E-state index contributed by atoms with van der Waals surface area (Å²) in [5, 5.41) is 10.7. The Labute approximate surface area is 52.8 Å². The van der Waals surface area contributed by atoms with Gasteiger partial charge in [-0.1, -0.05) is 0 Å². The first-order valence-corrected chi connectivity index (χ1v) is 2.59. The highest BCUT2D eigenvalue weighted by atomic mass is 15.3. The molecule has 4 heteroatoms. The topological polar surface area (TPSA) is 67.7 Å². The quantitative estimate of drug-likeness (QED) is 0.424. The van der Waals surface area contributed by atoms with E-state index in [0.717, 1.165) is 0 Å². The number of nitrogens with zero attached hydrogens (tertiary/aromatic N) is 2. The van der Waals surface area contributed by atoms with Gasteiger partial charge in [-0.3, -0.25) is 10.1 Å². The van der Waals surface area contributed by atoms with Gasteiger partial charge < -0.3 is 5.73 Å². The van der Waals surface area contributed by atoms with Crippen LogP contribution in [0.2, 0.25) is 0 Å². The summed E-state index contributed by atoms with van der Waals surface area (Å²) in [4.78, 5) is 0. The Morgan fingerprint density at radius 3 is 3.00 bits per heavy atom. The molecule has 0 spiro atoms. The van der Waals surface area contributed by atoms with Gasteiger partial charge in [0.15, 0.2) is 0 Å². The second kappa shape index (κ2) is 2.30. The summed E-state index contributed by atoms with van der Waals surface area (Å²) >= 11 is 0. The van der Waals surface area contributed by atoms with Crippen molar-refractivity contribution in [2.75, 3.05) is 0 Å². The maximum atomic E-state index is 6.89. The molecule has 0 fully saturated rings. The number of rotatable bonds is 2. The lowest BCUT2D eigenvalue weighted by atomic mass is 10.6. The molecule has 0 atom stereocenters. The van der Waals surface area contributed by atoms with Crippen molar-refractivity contribution in [3.8, 4) is 0 Å². The maximum absolute atomic E-state index is 6.89. The average Bonchev–Trinajstić information content (AvgIpc) is 2.15. The molecule has 0 aliphatic carbocycles. The molecular weight excluding hydrogens is 116 g/mol. The molecule has 1 aromatic rings. The van der Waals surface area contributed by atoms with Gasteiger partial charge in [0.2, 0.25) is 0 Å². The molecule has 1 rings (SSSR count). The van der Waals surface area contributed by atoms with Gasteiger partial charge in [0.25, 0.3) is 0 Å². The number of hydrogen-bond donors (Lipinski definition) is 2. The lowest BCUT2D eigenvalue weighted by Crippen LogP contribution is -2.17. The van der Waals surface area contributed by atoms with Gasteiger partial charge in [0.05, 0.1) is 6.54 Å². The van der Waals surface area contributed by atoms with Gasteiger partial charge >= 0.3 is 0 Å². The Bertz CT molecular complexity index is 189. The lowest BCUT2D eigenvalue weighted by Gasteiger charge is -1.95. The van der Waals surface area contributed by atoms with Crippen LogP contribution in [0, 0.1) is 5.41 Å². The monoisotopic (exact) mass is 124 g/mol. The van der Waals surface area contributed by atoms with Gasteiger partial charge in [0.1, 0.15) is 5.84 Å². The Morgan fingerprint density at radius 1 is 1.78 bits per heavy atom. The minimum Gasteiger partial charge on any atom is -0.386 e. The molecule has 1 heterocycles. The first-order valence-electron chi connectivity index (χ1n) is 2.59. The van der Waals surface area contributed by atoms with Crippen LogP contribution in [0.5, 0.6) is 0 Å². The van der Waals surface area contributed by atoms with E-state index in [4.69, 9.17) is 11.1 Å². The smallest absolute Gasteiger partial charge is 0.113 e. The second-order valence-electron chi connectivity index (χ2n) is 1.73. The van der Waals surface area contributed by atoms with Gasteiger partial charge in [-0.2, -0.15) is 5.10 Å². The molecule has 0 unspecified atom stereocenters. The summed E-state index contributed by atoms with van der Waals surface area (Å²) in [5.74, 6) is 0.124. The van der Waals surface area contributed by atoms with Crippen molar-refractivity contribution in [1.29, 1.82) is 5.41 Å². The third kappa shape index (κ3) is 1.56. The third-order valence-electron chi connectivity index (χ3n) is 0.892. The van der Waals surface area contributed by atoms with Crippen molar-refractivity contribution in [3.05, 3.63) is 18.5 Å². The van der Waals surface area contributed by atoms with Crippen LogP contribution in [0.3, 0.4) is 0 Å². The number of aromatic nitrogens is 2. The highest BCUT2D eigenvalue weighted by Crippen LogP contribution is 1.81. The molecular formula is C5H8N4. The Balaban J connectivity index is 2.58. The molecule has 48 valence electrons. The first kappa shape index (κ1) is 5.81. The van der Waals surface area contributed by atoms with Crippen LogP contribution >= 0.6 is 0 Å². The molecule has 0 aliphatic rings. The van der Waals surface area contributed by atoms with E-state index in [1.54, 1.807) is 23.1 Å². The van der Waals surface area contributed by atoms with Crippen molar-refractivity contribution in [2.24, 2.45) is 5.73 Å². The SMILES string of the molecule is N=C(N)Cn1cccn1. The molecule has 9 heavy (non-hydrogen) atoms. The summed E-state index contributed by atoms with van der Waals surface area (Å²) in [5.41, 5.74) is 5.11. The molecule has 0 aromatic carbocycles. The van der Waals surface area contributed by atoms with E-state index >= 15 is 0 Å². The van der Waals surface area contributed by atoms with Crippen LogP contribution in [0.4, 0.5) is 0 Å². The van der Waals surface area contributed by atoms with Crippen LogP contribution in [0.15, 0.2) is 18.5 Å². The van der Waals surface area contributed by atoms with Gasteiger partial charge in [-0.05, 0) is 6.07 Å². The van der Waals surface area contributed by atoms with E-state index in [1.807, 2.05) is 0 Å². The van der Waals surface area contributed by atoms with Crippen LogP contribution < -0.4 is 5.73 Å². The van der Waals surface area contributed by atoms with Crippen molar-refractivity contribution < 1.29 is 0 Å². The summed E-state index contributed by atoms with van der Waals surface area (Å²) in [7, 11) is 0. The van der Waals surface area contributed by atoms with E-state index in [0.29, 0.717) is 6.54 Å². The standard InChI is InChI=1S/C5H8N4/c6-5(7)4-9-3-1-2-8-9/h1-3H,4H2,(H3,6,7). The van der Waals surface area contributed by atoms with E-state index in [1.165, 1.54) is 0 Å². The maximum Gasteiger partial charge on any atom is 0.113 e. The fraction of sp³-hybridized carbons (Fsp3) is 0.200. The van der Waals surface area contributed by atoms with Gasteiger partial charge in [-0.15, -0.1) is 0 Å². The molecule has 0 saturated heterocycles. The Hall–Kier alpha value is -1.32. The van der Waals surface area contributed by atoms with Gasteiger partial charge in [-0.25, -0.2) is 0 Å². The summed E-state index contributed by atoms with van der Waals surface area (Å²) in [6, 6.07) is 1.79. The molecule has 0 bridgehead atoms. The average molecular weight is 124 g/mol. The molecule has 4 nitrogen and oxygen atoms in total. The number of nitrogens with one attached hydrogen (secondary N) is 1. The zero-order valence-electron chi connectivity index (χ0n) is 4.91. The number of hydrogen-bond acceptors (Lipinski definition) is 2. The van der Waals surface area contributed by atoms with E-state index in [2.05, 4.69) is 5.10 Å². The van der Waals surface area contributed by atoms with Crippen molar-refractivity contribution in [3.63, 3.8) is 0 Å². The zero-order valence-corrected chi connectivity index (χ0v) is 4.91. The van der Waals surface area contributed by atoms with E-state index in [-0.39, 0.29) is 5.84 Å². The largest absolute Gasteiger partial charge is 0.386 e. The molecule has 3 N–H and O–H groups in total. The minimum atomic E-state index is 0.124. The van der Waals surface area contributed by atoms with Crippen LogP contribution in [0.25, 0.3) is 0 Å². The predicted molar refractivity (Wildman–Crippen MR) is 34.1 cm³/mol. The summed E-state index contributed by atoms with van der Waals surface area (Å²) < 4.78 is 1.60. The highest BCUT2D eigenvalue weighted by molar-refractivity contribution is 5.76. The number of amidine groups is 1. The van der Waals surface area contributed by atoms with Gasteiger partial charge in [0, 0.05) is 12.4 Å². The van der Waals surface area contributed by atoms with Crippen molar-refractivity contribution in [2.45, 2.75) is 6.54 Å². The third-order valence-corrected chi connectivity index (χ3v) is 0.892. The molecule has 0 amide bonds. The zero-order chi connectivity index (χ0) is 6.69. The summed E-state index contributed by atoms with van der Waals surface area (Å²) in [6.07, 6.45) is 3.42. The van der Waals surface area contributed by atoms with Crippen LogP contribution in [0.1, 0.15) is 0 Å². The lowest BCUT2D eigenvalue weighted by molar-refractivity contribution is 0.718. The minimum absolute atomic E-state index is 0.124. The normalized spacial score (nSPS) is 9.33.